The first-order valence-corrected chi connectivity index (χ1v) is 5.55. The van der Waals surface area contributed by atoms with Crippen molar-refractivity contribution in [2.45, 2.75) is 51.9 Å². The Kier molecular flexibility index (Phi) is 21.8. The molecule has 0 aromatic heterocycles. The molecule has 92 valence electrons. The number of carbonyl (C=O) groups is 2. The third-order valence-electron chi connectivity index (χ3n) is 2.44. The minimum atomic E-state index is -1.23. The summed E-state index contributed by atoms with van der Waals surface area (Å²) in [5.74, 6) is -3.68. The average molecular weight is 280 g/mol. The van der Waals surface area contributed by atoms with Gasteiger partial charge in [-0.3, -0.25) is 9.59 Å². The van der Waals surface area contributed by atoms with E-state index in [9.17, 15) is 9.59 Å². The molecule has 6 heteroatoms. The van der Waals surface area contributed by atoms with Gasteiger partial charge in [-0.1, -0.05) is 45.4 Å². The number of rotatable bonds is 9. The van der Waals surface area contributed by atoms with Gasteiger partial charge in [-0.2, -0.15) is 0 Å². The van der Waals surface area contributed by atoms with E-state index in [0.717, 1.165) is 19.3 Å². The molecule has 2 N–H and O–H groups in total. The SMILES string of the molecule is CCCCCCCCC(C(=O)O)C(=O)O.[KH].[NaH]. The topological polar surface area (TPSA) is 74.6 Å². The van der Waals surface area contributed by atoms with Crippen LogP contribution in [0.5, 0.6) is 0 Å². The molecule has 0 aromatic rings. The normalized spacial score (nSPS) is 9.29. The molecule has 4 nitrogen and oxygen atoms in total. The van der Waals surface area contributed by atoms with Crippen LogP contribution in [0.25, 0.3) is 0 Å². The Hall–Kier alpha value is 1.58. The van der Waals surface area contributed by atoms with Crippen LogP contribution in [0.1, 0.15) is 51.9 Å². The molecule has 17 heavy (non-hydrogen) atoms. The molecule has 0 unspecified atom stereocenters. The molecule has 0 heterocycles. The van der Waals surface area contributed by atoms with Gasteiger partial charge in [-0.05, 0) is 6.42 Å². The van der Waals surface area contributed by atoms with E-state index in [-0.39, 0.29) is 87.4 Å². The van der Waals surface area contributed by atoms with Crippen molar-refractivity contribution in [2.75, 3.05) is 0 Å². The van der Waals surface area contributed by atoms with Gasteiger partial charge in [0, 0.05) is 0 Å². The van der Waals surface area contributed by atoms with Crippen molar-refractivity contribution in [3.05, 3.63) is 0 Å². The molecule has 0 aromatic carbocycles. The first-order chi connectivity index (χ1) is 7.09. The second-order valence-electron chi connectivity index (χ2n) is 3.79. The molecule has 0 atom stereocenters. The zero-order chi connectivity index (χ0) is 11.7. The number of aliphatic carboxylic acids is 2. The summed E-state index contributed by atoms with van der Waals surface area (Å²) in [4.78, 5) is 21.1. The molecule has 0 spiro atoms. The Morgan fingerprint density at radius 1 is 0.941 bits per heavy atom. The van der Waals surface area contributed by atoms with Crippen molar-refractivity contribution in [1.29, 1.82) is 0 Å². The second-order valence-corrected chi connectivity index (χ2v) is 3.79. The molecule has 0 saturated heterocycles. The maximum atomic E-state index is 10.5. The Morgan fingerprint density at radius 3 is 1.76 bits per heavy atom. The van der Waals surface area contributed by atoms with Crippen LogP contribution in [-0.4, -0.2) is 103 Å². The quantitative estimate of drug-likeness (QED) is 0.378. The van der Waals surface area contributed by atoms with Crippen LogP contribution in [0.15, 0.2) is 0 Å². The van der Waals surface area contributed by atoms with E-state index in [1.165, 1.54) is 12.8 Å². The molecule has 0 rings (SSSR count). The molecule has 0 aliphatic carbocycles. The first kappa shape index (κ1) is 23.7. The van der Waals surface area contributed by atoms with Crippen molar-refractivity contribution in [2.24, 2.45) is 5.92 Å². The molecular weight excluding hydrogens is 258 g/mol. The van der Waals surface area contributed by atoms with Crippen molar-refractivity contribution in [3.8, 4) is 0 Å². The van der Waals surface area contributed by atoms with Gasteiger partial charge in [0.05, 0.1) is 0 Å². The average Bonchev–Trinajstić information content (AvgIpc) is 2.15. The minimum absolute atomic E-state index is 0. The van der Waals surface area contributed by atoms with Crippen LogP contribution in [0.3, 0.4) is 0 Å². The molecule has 0 aliphatic rings. The summed E-state index contributed by atoms with van der Waals surface area (Å²) in [7, 11) is 0. The zero-order valence-electron chi connectivity index (χ0n) is 9.24. The Morgan fingerprint density at radius 2 is 1.35 bits per heavy atom. The Balaban J connectivity index is -0.000000980. The van der Waals surface area contributed by atoms with E-state index in [1.54, 1.807) is 0 Å². The standard InChI is InChI=1S/C11H20O4.K.Na.2H/c1-2-3-4-5-6-7-8-9(10(12)13)11(14)15;;;;/h9H,2-8H2,1H3,(H,12,13)(H,14,15);;;;. The van der Waals surface area contributed by atoms with Gasteiger partial charge in [0.25, 0.3) is 0 Å². The van der Waals surface area contributed by atoms with Crippen LogP contribution < -0.4 is 0 Å². The van der Waals surface area contributed by atoms with Crippen LogP contribution in [0.2, 0.25) is 0 Å². The van der Waals surface area contributed by atoms with Gasteiger partial charge in [-0.25, -0.2) is 0 Å². The van der Waals surface area contributed by atoms with Gasteiger partial charge < -0.3 is 10.2 Å². The van der Waals surface area contributed by atoms with E-state index >= 15 is 0 Å². The van der Waals surface area contributed by atoms with Crippen molar-refractivity contribution in [3.63, 3.8) is 0 Å². The predicted molar refractivity (Wildman–Crippen MR) is 71.1 cm³/mol. The summed E-state index contributed by atoms with van der Waals surface area (Å²) in [5, 5.41) is 17.2. The van der Waals surface area contributed by atoms with E-state index in [4.69, 9.17) is 10.2 Å². The number of carboxylic acids is 2. The fourth-order valence-corrected chi connectivity index (χ4v) is 1.48. The fraction of sp³-hybridized carbons (Fsp3) is 0.818. The van der Waals surface area contributed by atoms with Gasteiger partial charge in [0.1, 0.15) is 0 Å². The van der Waals surface area contributed by atoms with E-state index < -0.39 is 17.9 Å². The molecule has 0 aliphatic heterocycles. The monoisotopic (exact) mass is 280 g/mol. The van der Waals surface area contributed by atoms with Crippen molar-refractivity contribution in [1.82, 2.24) is 0 Å². The molecule has 0 saturated carbocycles. The van der Waals surface area contributed by atoms with E-state index in [0.29, 0.717) is 6.42 Å². The predicted octanol–water partition coefficient (Wildman–Crippen LogP) is 1.23. The van der Waals surface area contributed by atoms with Gasteiger partial charge in [0.2, 0.25) is 0 Å². The van der Waals surface area contributed by atoms with Gasteiger partial charge in [-0.15, -0.1) is 0 Å². The van der Waals surface area contributed by atoms with E-state index in [2.05, 4.69) is 6.92 Å². The summed E-state index contributed by atoms with van der Waals surface area (Å²) in [6.07, 6.45) is 6.45. The van der Waals surface area contributed by atoms with Crippen LogP contribution >= 0.6 is 0 Å². The van der Waals surface area contributed by atoms with Crippen LogP contribution in [-0.2, 0) is 9.59 Å². The first-order valence-electron chi connectivity index (χ1n) is 5.55. The summed E-state index contributed by atoms with van der Waals surface area (Å²) >= 11 is 0. The van der Waals surface area contributed by atoms with Crippen molar-refractivity contribution < 1.29 is 19.8 Å². The summed E-state index contributed by atoms with van der Waals surface area (Å²) in [5.41, 5.74) is 0. The van der Waals surface area contributed by atoms with Crippen LogP contribution in [0.4, 0.5) is 0 Å². The van der Waals surface area contributed by atoms with E-state index in [1.807, 2.05) is 0 Å². The van der Waals surface area contributed by atoms with Gasteiger partial charge >= 0.3 is 92.9 Å². The van der Waals surface area contributed by atoms with Gasteiger partial charge in [0.15, 0.2) is 5.92 Å². The van der Waals surface area contributed by atoms with Crippen molar-refractivity contribution >= 4 is 92.9 Å². The Bertz CT molecular complexity index is 198. The molecular formula is C11H22KNaO4. The molecule has 0 fully saturated rings. The third-order valence-corrected chi connectivity index (χ3v) is 2.44. The summed E-state index contributed by atoms with van der Waals surface area (Å²) < 4.78 is 0. The van der Waals surface area contributed by atoms with Crippen LogP contribution in [0, 0.1) is 5.92 Å². The molecule has 0 amide bonds. The maximum absolute atomic E-state index is 10.5. The zero-order valence-corrected chi connectivity index (χ0v) is 9.24. The number of unbranched alkanes of at least 4 members (excludes halogenated alkanes) is 5. The third kappa shape index (κ3) is 13.8. The number of carboxylic acid groups (broad SMARTS) is 2. The molecule has 0 radical (unpaired) electrons. The Labute approximate surface area is 168 Å². The second kappa shape index (κ2) is 15.6. The molecule has 0 bridgehead atoms. The number of hydrogen-bond donors (Lipinski definition) is 2. The summed E-state index contributed by atoms with van der Waals surface area (Å²) in [6, 6.07) is 0. The summed E-state index contributed by atoms with van der Waals surface area (Å²) in [6.45, 7) is 2.13. The fourth-order valence-electron chi connectivity index (χ4n) is 1.48. The number of hydrogen-bond acceptors (Lipinski definition) is 2.